The first-order valence-electron chi connectivity index (χ1n) is 21.2. The fourth-order valence-electron chi connectivity index (χ4n) is 6.06. The first-order valence-corrected chi connectivity index (χ1v) is 20.5. The summed E-state index contributed by atoms with van der Waals surface area (Å²) in [6.45, 7) is 13.6. The number of terminal acetylenes is 2. The summed E-state index contributed by atoms with van der Waals surface area (Å²) in [5, 5.41) is 28.5. The summed E-state index contributed by atoms with van der Waals surface area (Å²) in [7, 11) is 0. The average Bonchev–Trinajstić information content (AvgIpc) is 4.02. The van der Waals surface area contributed by atoms with E-state index in [0.29, 0.717) is 6.90 Å². The molecule has 0 bridgehead atoms. The number of nitrogens with one attached hydrogen (secondary N) is 3. The van der Waals surface area contributed by atoms with E-state index in [2.05, 4.69) is 57.7 Å². The number of ether oxygens (including phenoxy) is 5. The highest BCUT2D eigenvalue weighted by Gasteiger charge is 2.50. The SMILES string of the molecule is C#C[C@]1(COC(=O)NC(C)C)O[C@@H](n2cnc3c(N)nc(F)nc32)C[C@@H]1O.C#C[C@]1(COC(=O)NC(C)C)O[C@@H](n2cnc3c(NC(=O)OC(C)(C)C)nc(F)nc32)C[C@@H]1O.O=CC(F)(F)F.[2H]CC. The third-order valence-electron chi connectivity index (χ3n) is 8.94. The molecule has 23 nitrogen and oxygen atoms in total. The van der Waals surface area contributed by atoms with E-state index in [1.807, 2.05) is 0 Å². The largest absolute Gasteiger partial charge is 0.446 e. The number of alkyl carbamates (subject to hydrolysis) is 2. The smallest absolute Gasteiger partial charge is 0.445 e. The Morgan fingerprint density at radius 3 is 1.67 bits per heavy atom. The highest BCUT2D eigenvalue weighted by molar-refractivity contribution is 5.93. The Bertz CT molecular complexity index is 2550. The van der Waals surface area contributed by atoms with Gasteiger partial charge >= 0.3 is 36.6 Å². The second-order valence-corrected chi connectivity index (χ2v) is 16.1. The van der Waals surface area contributed by atoms with Crippen molar-refractivity contribution in [2.24, 2.45) is 0 Å². The molecule has 6 rings (SSSR count). The number of aliphatic hydroxyl groups excluding tert-OH is 2. The molecule has 0 unspecified atom stereocenters. The van der Waals surface area contributed by atoms with Gasteiger partial charge in [0.2, 0.25) is 6.29 Å². The number of rotatable bonds is 9. The van der Waals surface area contributed by atoms with Gasteiger partial charge in [-0.2, -0.15) is 41.9 Å². The maximum atomic E-state index is 14.2. The van der Waals surface area contributed by atoms with Crippen LogP contribution in [0.2, 0.25) is 0 Å². The minimum absolute atomic E-state index is 0.0120. The van der Waals surface area contributed by atoms with Crippen molar-refractivity contribution in [2.75, 3.05) is 24.3 Å². The van der Waals surface area contributed by atoms with Gasteiger partial charge in [0.05, 0.1) is 12.7 Å². The number of carbonyl (C=O) groups excluding carboxylic acids is 4. The summed E-state index contributed by atoms with van der Waals surface area (Å²) in [4.78, 5) is 67.0. The van der Waals surface area contributed by atoms with Crippen molar-refractivity contribution in [1.82, 2.24) is 49.7 Å². The van der Waals surface area contributed by atoms with Crippen LogP contribution < -0.4 is 21.7 Å². The third kappa shape index (κ3) is 15.0. The van der Waals surface area contributed by atoms with E-state index in [4.69, 9.17) is 48.4 Å². The molecule has 7 N–H and O–H groups in total. The number of hydrogen-bond acceptors (Lipinski definition) is 18. The lowest BCUT2D eigenvalue weighted by Crippen LogP contribution is -2.44. The quantitative estimate of drug-likeness (QED) is 0.0450. The zero-order valence-corrected chi connectivity index (χ0v) is 38.5. The number of halogens is 5. The lowest BCUT2D eigenvalue weighted by molar-refractivity contribution is -0.156. The molecule has 0 radical (unpaired) electrons. The van der Waals surface area contributed by atoms with E-state index >= 15 is 0 Å². The van der Waals surface area contributed by atoms with E-state index in [1.54, 1.807) is 55.4 Å². The second kappa shape index (κ2) is 23.3. The molecule has 0 aliphatic carbocycles. The van der Waals surface area contributed by atoms with Crippen molar-refractivity contribution in [3.05, 3.63) is 24.8 Å². The van der Waals surface area contributed by atoms with Crippen LogP contribution in [0.15, 0.2) is 12.7 Å². The maximum absolute atomic E-state index is 14.2. The second-order valence-electron chi connectivity index (χ2n) is 16.1. The standard InChI is InChI=1S/C21H27FN6O6.C16H19FN6O4.C2HF3O.C2H6/c1-7-21(9-32-18(30)24-11(2)3)12(29)8-13(33-21)28-10-23-14-15(25-17(22)27-16(14)28)26-19(31)34-20(4,5)6;1-4-16(6-26-15(25)20-8(2)3)9(24)5-10(27-16)23-7-19-11-12(18)21-14(17)22-13(11)23;3-2(4,5)1-6;1-2/h1,10-13,29H,8-9H2,2-6H3,(H,24,30)(H,25,26,27,31);1,7-10,24H,5-6H2,2-3H3,(H,20,25)(H2,18,21,22);1H;1-2H3/t12-,13+,21+;9-,10+,16+;;/m00../s1/i;;;1D. The molecule has 4 aromatic heterocycles. The van der Waals surface area contributed by atoms with Gasteiger partial charge in [-0.3, -0.25) is 19.2 Å². The summed E-state index contributed by atoms with van der Waals surface area (Å²) in [6, 6.07) is -0.286. The number of amides is 3. The van der Waals surface area contributed by atoms with Crippen molar-refractivity contribution in [3.8, 4) is 24.7 Å². The predicted octanol–water partition coefficient (Wildman–Crippen LogP) is 4.21. The number of nitrogens with two attached hydrogens (primary N) is 1. The van der Waals surface area contributed by atoms with Crippen LogP contribution in [0.3, 0.4) is 0 Å². The molecule has 0 saturated carbocycles. The molecule has 2 aliphatic rings. The van der Waals surface area contributed by atoms with Crippen molar-refractivity contribution in [1.29, 1.82) is 0 Å². The number of aromatic nitrogens is 8. The average molecular weight is 986 g/mol. The molecule has 4 aromatic rings. The van der Waals surface area contributed by atoms with Crippen molar-refractivity contribution in [3.63, 3.8) is 0 Å². The van der Waals surface area contributed by atoms with Crippen LogP contribution >= 0.6 is 0 Å². The molecule has 69 heavy (non-hydrogen) atoms. The number of carbonyl (C=O) groups is 4. The van der Waals surface area contributed by atoms with Gasteiger partial charge in [0.25, 0.3) is 0 Å². The van der Waals surface area contributed by atoms with Crippen LogP contribution in [-0.4, -0.2) is 134 Å². The fraction of sp³-hybridized carbons (Fsp3) is 0.561. The Morgan fingerprint density at radius 2 is 1.28 bits per heavy atom. The highest BCUT2D eigenvalue weighted by atomic mass is 19.4. The Morgan fingerprint density at radius 1 is 0.870 bits per heavy atom. The zero-order chi connectivity index (χ0) is 52.9. The number of fused-ring (bicyclic) bond motifs is 2. The number of alkyl halides is 3. The molecule has 28 heteroatoms. The van der Waals surface area contributed by atoms with Gasteiger partial charge in [0, 0.05) is 26.3 Å². The van der Waals surface area contributed by atoms with E-state index in [1.165, 1.54) is 21.8 Å². The van der Waals surface area contributed by atoms with E-state index in [0.717, 1.165) is 0 Å². The van der Waals surface area contributed by atoms with E-state index in [-0.39, 0.29) is 65.5 Å². The molecule has 2 aliphatic heterocycles. The minimum Gasteiger partial charge on any atom is -0.445 e. The van der Waals surface area contributed by atoms with E-state index in [9.17, 15) is 46.5 Å². The predicted molar refractivity (Wildman–Crippen MR) is 232 cm³/mol. The lowest BCUT2D eigenvalue weighted by Gasteiger charge is -2.26. The van der Waals surface area contributed by atoms with Crippen LogP contribution in [-0.2, 0) is 28.5 Å². The summed E-state index contributed by atoms with van der Waals surface area (Å²) in [5.74, 6) is 4.39. The first kappa shape index (κ1) is 54.6. The van der Waals surface area contributed by atoms with Crippen LogP contribution in [0.1, 0.15) is 89.0 Å². The molecule has 6 atom stereocenters. The van der Waals surface area contributed by atoms with Gasteiger partial charge in [0.1, 0.15) is 43.5 Å². The number of nitrogens with zero attached hydrogens (tertiary/aromatic N) is 8. The fourth-order valence-corrected chi connectivity index (χ4v) is 6.06. The van der Waals surface area contributed by atoms with Gasteiger partial charge < -0.3 is 50.3 Å². The molecular weight excluding hydrogens is 932 g/mol. The third-order valence-corrected chi connectivity index (χ3v) is 8.94. The molecule has 2 fully saturated rings. The number of imidazole rings is 2. The first-order chi connectivity index (χ1) is 32.6. The Labute approximate surface area is 392 Å². The normalized spacial score (nSPS) is 22.0. The van der Waals surface area contributed by atoms with Crippen molar-refractivity contribution in [2.45, 2.75) is 135 Å². The van der Waals surface area contributed by atoms with Gasteiger partial charge in [0.15, 0.2) is 45.2 Å². The maximum Gasteiger partial charge on any atom is 0.446 e. The molecule has 3 amide bonds. The zero-order valence-electron chi connectivity index (χ0n) is 39.5. The lowest BCUT2D eigenvalue weighted by atomic mass is 9.99. The van der Waals surface area contributed by atoms with Crippen LogP contribution in [0.5, 0.6) is 0 Å². The number of aliphatic hydroxyl groups is 2. The molecule has 2 saturated heterocycles. The summed E-state index contributed by atoms with van der Waals surface area (Å²) in [5.41, 5.74) is 2.01. The molecular formula is C41H53F5N12O11. The van der Waals surface area contributed by atoms with Gasteiger partial charge in [-0.1, -0.05) is 25.7 Å². The summed E-state index contributed by atoms with van der Waals surface area (Å²) in [6.07, 6.45) is -0.371. The van der Waals surface area contributed by atoms with Crippen molar-refractivity contribution >= 4 is 58.5 Å². The monoisotopic (exact) mass is 985 g/mol. The Kier molecular flexibility index (Phi) is 18.5. The van der Waals surface area contributed by atoms with Crippen LogP contribution in [0, 0.1) is 36.8 Å². The number of aldehydes is 1. The van der Waals surface area contributed by atoms with Gasteiger partial charge in [-0.15, -0.1) is 12.8 Å². The highest BCUT2D eigenvalue weighted by Crippen LogP contribution is 2.40. The Balaban J connectivity index is 0.000000321. The van der Waals surface area contributed by atoms with E-state index < -0.39 is 91.0 Å². The van der Waals surface area contributed by atoms with Crippen molar-refractivity contribution < 1.29 is 76.4 Å². The number of hydrogen-bond donors (Lipinski definition) is 6. The van der Waals surface area contributed by atoms with Gasteiger partial charge in [-0.25, -0.2) is 24.4 Å². The topological polar surface area (TPSA) is 304 Å². The summed E-state index contributed by atoms with van der Waals surface area (Å²) >= 11 is 0. The van der Waals surface area contributed by atoms with Gasteiger partial charge in [-0.05, 0) is 48.5 Å². The van der Waals surface area contributed by atoms with Crippen LogP contribution in [0.25, 0.3) is 22.3 Å². The molecule has 0 aromatic carbocycles. The molecule has 6 heterocycles. The number of anilines is 2. The number of nitrogen functional groups attached to an aromatic ring is 1. The minimum atomic E-state index is -4.64. The molecule has 0 spiro atoms. The van der Waals surface area contributed by atoms with Crippen LogP contribution in [0.4, 0.5) is 48.0 Å². The Hall–Kier alpha value is -7.01. The molecule has 378 valence electrons. The summed E-state index contributed by atoms with van der Waals surface area (Å²) < 4.78 is 95.0.